The minimum absolute atomic E-state index is 0.0701. The fourth-order valence-electron chi connectivity index (χ4n) is 2.89. The van der Waals surface area contributed by atoms with E-state index in [2.05, 4.69) is 9.97 Å². The first kappa shape index (κ1) is 18.1. The van der Waals surface area contributed by atoms with E-state index in [0.717, 1.165) is 21.1 Å². The van der Waals surface area contributed by atoms with Crippen LogP contribution < -0.4 is 0 Å². The fraction of sp³-hybridized carbons (Fsp3) is 0.250. The summed E-state index contributed by atoms with van der Waals surface area (Å²) in [5.41, 5.74) is 2.80. The molecule has 0 unspecified atom stereocenters. The topological polar surface area (TPSA) is 66.3 Å². The van der Waals surface area contributed by atoms with Crippen molar-refractivity contribution in [1.82, 2.24) is 14.9 Å². The smallest absolute Gasteiger partial charge is 0.254 e. The third kappa shape index (κ3) is 3.46. The molecule has 134 valence electrons. The molecule has 0 saturated carbocycles. The zero-order valence-corrected chi connectivity index (χ0v) is 16.0. The number of aryl methyl sites for hydroxylation is 2. The number of amides is 1. The Kier molecular flexibility index (Phi) is 5.04. The Hall–Kier alpha value is -2.73. The van der Waals surface area contributed by atoms with Gasteiger partial charge < -0.3 is 10.0 Å². The van der Waals surface area contributed by atoms with Crippen molar-refractivity contribution in [1.29, 1.82) is 0 Å². The Morgan fingerprint density at radius 1 is 1.19 bits per heavy atom. The Balaban J connectivity index is 1.81. The van der Waals surface area contributed by atoms with E-state index in [-0.39, 0.29) is 17.7 Å². The van der Waals surface area contributed by atoms with Gasteiger partial charge in [0.05, 0.1) is 16.7 Å². The lowest BCUT2D eigenvalue weighted by atomic mass is 10.1. The van der Waals surface area contributed by atoms with Crippen LogP contribution in [0.1, 0.15) is 38.9 Å². The number of nitrogens with zero attached hydrogens (tertiary/aromatic N) is 3. The quantitative estimate of drug-likeness (QED) is 0.744. The molecular weight excluding hydrogens is 346 g/mol. The van der Waals surface area contributed by atoms with Gasteiger partial charge in [-0.25, -0.2) is 4.98 Å². The molecule has 0 saturated heterocycles. The second-order valence-corrected chi connectivity index (χ2v) is 7.62. The molecule has 0 aliphatic heterocycles. The lowest BCUT2D eigenvalue weighted by Gasteiger charge is -2.24. The van der Waals surface area contributed by atoms with E-state index in [1.54, 1.807) is 65.9 Å². The maximum absolute atomic E-state index is 12.8. The van der Waals surface area contributed by atoms with E-state index in [1.807, 2.05) is 20.8 Å². The highest BCUT2D eigenvalue weighted by Gasteiger charge is 2.22. The maximum atomic E-state index is 12.8. The van der Waals surface area contributed by atoms with Crippen molar-refractivity contribution in [2.24, 2.45) is 0 Å². The Morgan fingerprint density at radius 3 is 2.46 bits per heavy atom. The van der Waals surface area contributed by atoms with Crippen LogP contribution >= 0.6 is 11.3 Å². The first-order valence-electron chi connectivity index (χ1n) is 8.34. The van der Waals surface area contributed by atoms with E-state index in [9.17, 15) is 9.90 Å². The van der Waals surface area contributed by atoms with Gasteiger partial charge in [0.25, 0.3) is 5.91 Å². The van der Waals surface area contributed by atoms with E-state index in [1.165, 1.54) is 0 Å². The van der Waals surface area contributed by atoms with Gasteiger partial charge in [-0.15, -0.1) is 11.3 Å². The summed E-state index contributed by atoms with van der Waals surface area (Å²) < 4.78 is 0. The third-order valence-corrected chi connectivity index (χ3v) is 5.33. The average Bonchev–Trinajstić information content (AvgIpc) is 2.98. The highest BCUT2D eigenvalue weighted by atomic mass is 32.1. The number of thiazole rings is 1. The van der Waals surface area contributed by atoms with Gasteiger partial charge in [-0.3, -0.25) is 9.78 Å². The van der Waals surface area contributed by atoms with Crippen LogP contribution in [-0.2, 0) is 0 Å². The summed E-state index contributed by atoms with van der Waals surface area (Å²) in [5, 5.41) is 10.9. The molecular formula is C20H21N3O2S. The van der Waals surface area contributed by atoms with Gasteiger partial charge in [-0.05, 0) is 45.0 Å². The lowest BCUT2D eigenvalue weighted by Crippen LogP contribution is -2.30. The van der Waals surface area contributed by atoms with Crippen molar-refractivity contribution in [3.05, 3.63) is 63.7 Å². The van der Waals surface area contributed by atoms with Gasteiger partial charge in [0, 0.05) is 29.2 Å². The normalized spacial score (nSPS) is 12.0. The van der Waals surface area contributed by atoms with Crippen LogP contribution in [0, 0.1) is 13.8 Å². The molecule has 0 bridgehead atoms. The number of rotatable bonds is 4. The molecule has 0 fully saturated rings. The molecule has 5 nitrogen and oxygen atoms in total. The number of hydrogen-bond donors (Lipinski definition) is 1. The number of carbonyl (C=O) groups excluding carboxylic acids is 1. The van der Waals surface area contributed by atoms with Crippen LogP contribution in [0.4, 0.5) is 0 Å². The summed E-state index contributed by atoms with van der Waals surface area (Å²) in [4.78, 5) is 24.4. The van der Waals surface area contributed by atoms with Crippen molar-refractivity contribution >= 4 is 17.2 Å². The van der Waals surface area contributed by atoms with E-state index in [0.29, 0.717) is 11.3 Å². The molecule has 3 aromatic rings. The van der Waals surface area contributed by atoms with Gasteiger partial charge >= 0.3 is 0 Å². The molecule has 26 heavy (non-hydrogen) atoms. The van der Waals surface area contributed by atoms with Gasteiger partial charge in [0.15, 0.2) is 0 Å². The average molecular weight is 367 g/mol. The predicted molar refractivity (Wildman–Crippen MR) is 103 cm³/mol. The van der Waals surface area contributed by atoms with E-state index in [4.69, 9.17) is 0 Å². The van der Waals surface area contributed by atoms with E-state index >= 15 is 0 Å². The summed E-state index contributed by atoms with van der Waals surface area (Å²) in [6, 6.07) is 10.3. The summed E-state index contributed by atoms with van der Waals surface area (Å²) in [6.07, 6.45) is 1.63. The standard InChI is InChI=1S/C20H21N3O2S/c1-12(18-13(2)26-14(3)22-18)23(4)20(25)16-9-7-15(8-10-16)19-17(24)6-5-11-21-19/h5-12,24H,1-4H3/t12-/m0/s1. The van der Waals surface area contributed by atoms with Crippen LogP contribution in [0.5, 0.6) is 5.75 Å². The molecule has 1 amide bonds. The highest BCUT2D eigenvalue weighted by Crippen LogP contribution is 2.29. The van der Waals surface area contributed by atoms with E-state index < -0.39 is 0 Å². The third-order valence-electron chi connectivity index (χ3n) is 4.43. The number of aromatic nitrogens is 2. The minimum atomic E-state index is -0.105. The number of hydrogen-bond acceptors (Lipinski definition) is 5. The Morgan fingerprint density at radius 2 is 1.88 bits per heavy atom. The largest absolute Gasteiger partial charge is 0.506 e. The molecule has 2 aromatic heterocycles. The van der Waals surface area contributed by atoms with Crippen LogP contribution in [0.3, 0.4) is 0 Å². The lowest BCUT2D eigenvalue weighted by molar-refractivity contribution is 0.0740. The van der Waals surface area contributed by atoms with Crippen LogP contribution in [0.2, 0.25) is 0 Å². The first-order valence-corrected chi connectivity index (χ1v) is 9.15. The first-order chi connectivity index (χ1) is 12.4. The van der Waals surface area contributed by atoms with Crippen LogP contribution in [-0.4, -0.2) is 32.9 Å². The minimum Gasteiger partial charge on any atom is -0.506 e. The second kappa shape index (κ2) is 7.25. The Labute approximate surface area is 157 Å². The zero-order chi connectivity index (χ0) is 18.8. The summed E-state index contributed by atoms with van der Waals surface area (Å²) >= 11 is 1.64. The molecule has 1 aromatic carbocycles. The molecule has 2 heterocycles. The number of carbonyl (C=O) groups is 1. The molecule has 3 rings (SSSR count). The molecule has 0 aliphatic carbocycles. The van der Waals surface area contributed by atoms with Gasteiger partial charge in [-0.2, -0.15) is 0 Å². The van der Waals surface area contributed by atoms with Gasteiger partial charge in [0.2, 0.25) is 0 Å². The van der Waals surface area contributed by atoms with Crippen molar-refractivity contribution in [3.63, 3.8) is 0 Å². The number of aromatic hydroxyl groups is 1. The molecule has 1 N–H and O–H groups in total. The fourth-order valence-corrected chi connectivity index (χ4v) is 3.79. The van der Waals surface area contributed by atoms with Crippen molar-refractivity contribution in [2.45, 2.75) is 26.8 Å². The second-order valence-electron chi connectivity index (χ2n) is 6.21. The molecule has 0 radical (unpaired) electrons. The van der Waals surface area contributed by atoms with Gasteiger partial charge in [0.1, 0.15) is 11.4 Å². The van der Waals surface area contributed by atoms with Crippen molar-refractivity contribution < 1.29 is 9.90 Å². The molecule has 0 spiro atoms. The predicted octanol–water partition coefficient (Wildman–Crippen LogP) is 4.36. The zero-order valence-electron chi connectivity index (χ0n) is 15.2. The van der Waals surface area contributed by atoms with Crippen molar-refractivity contribution in [3.8, 4) is 17.0 Å². The summed E-state index contributed by atoms with van der Waals surface area (Å²) in [6.45, 7) is 5.99. The number of pyridine rings is 1. The number of benzene rings is 1. The molecule has 1 atom stereocenters. The SMILES string of the molecule is Cc1nc([C@H](C)N(C)C(=O)c2ccc(-c3ncccc3O)cc2)c(C)s1. The van der Waals surface area contributed by atoms with Crippen LogP contribution in [0.15, 0.2) is 42.6 Å². The Bertz CT molecular complexity index is 934. The van der Waals surface area contributed by atoms with Crippen LogP contribution in [0.25, 0.3) is 11.3 Å². The van der Waals surface area contributed by atoms with Gasteiger partial charge in [-0.1, -0.05) is 12.1 Å². The highest BCUT2D eigenvalue weighted by molar-refractivity contribution is 7.11. The molecule has 6 heteroatoms. The summed E-state index contributed by atoms with van der Waals surface area (Å²) in [7, 11) is 1.79. The maximum Gasteiger partial charge on any atom is 0.254 e. The van der Waals surface area contributed by atoms with Crippen molar-refractivity contribution in [2.75, 3.05) is 7.05 Å². The molecule has 0 aliphatic rings. The summed E-state index contributed by atoms with van der Waals surface area (Å²) in [5.74, 6) is 0.0473. The monoisotopic (exact) mass is 367 g/mol.